The Morgan fingerprint density at radius 3 is 2.37 bits per heavy atom. The van der Waals surface area contributed by atoms with Crippen molar-refractivity contribution < 1.29 is 34.8 Å². The van der Waals surface area contributed by atoms with Crippen LogP contribution >= 0.6 is 0 Å². The molecule has 0 fully saturated rings. The number of fused-ring (bicyclic) bond motifs is 3. The van der Waals surface area contributed by atoms with Crippen molar-refractivity contribution in [2.45, 2.75) is 19.4 Å². The summed E-state index contributed by atoms with van der Waals surface area (Å²) in [5.41, 5.74) is 7.02. The molecule has 0 aliphatic heterocycles. The lowest BCUT2D eigenvalue weighted by Crippen LogP contribution is -2.50. The molecule has 0 radical (unpaired) electrons. The van der Waals surface area contributed by atoms with Crippen LogP contribution in [-0.2, 0) is 9.59 Å². The Hall–Kier alpha value is -4.17. The highest BCUT2D eigenvalue weighted by Gasteiger charge is 2.55. The maximum Gasteiger partial charge on any atom is 0.255 e. The third-order valence-corrected chi connectivity index (χ3v) is 7.14. The zero-order valence-electron chi connectivity index (χ0n) is 18.7. The van der Waals surface area contributed by atoms with Gasteiger partial charge in [0.25, 0.3) is 5.91 Å². The summed E-state index contributed by atoms with van der Waals surface area (Å²) in [6, 6.07) is 12.1. The number of aliphatic hydroxyl groups is 3. The number of hydrogen-bond acceptors (Lipinski definition) is 7. The average Bonchev–Trinajstić information content (AvgIpc) is 2.79. The molecular formula is C27H23NO7. The number of carbonyl (C=O) groups excluding carboxylic acids is 3. The smallest absolute Gasteiger partial charge is 0.255 e. The fourth-order valence-corrected chi connectivity index (χ4v) is 5.52. The first-order valence-corrected chi connectivity index (χ1v) is 11.1. The zero-order chi connectivity index (χ0) is 25.2. The Kier molecular flexibility index (Phi) is 5.14. The Balaban J connectivity index is 1.77. The predicted molar refractivity (Wildman–Crippen MR) is 126 cm³/mol. The monoisotopic (exact) mass is 473 g/mol. The highest BCUT2D eigenvalue weighted by molar-refractivity contribution is 6.23. The van der Waals surface area contributed by atoms with Crippen LogP contribution in [0.3, 0.4) is 0 Å². The first-order valence-electron chi connectivity index (χ1n) is 11.1. The summed E-state index contributed by atoms with van der Waals surface area (Å²) in [5, 5.41) is 43.6. The molecule has 5 rings (SSSR count). The maximum absolute atomic E-state index is 13.6. The molecule has 0 heterocycles. The van der Waals surface area contributed by atoms with Crippen LogP contribution in [0, 0.1) is 24.7 Å². The van der Waals surface area contributed by atoms with Crippen molar-refractivity contribution in [1.29, 1.82) is 0 Å². The number of phenols is 1. The fraction of sp³-hybridized carbons (Fsp3) is 0.222. The number of benzene rings is 2. The number of Topliss-reactive ketones (excluding diaryl/α,β-unsaturated/α-hetero) is 2. The maximum atomic E-state index is 13.6. The number of primary amides is 1. The van der Waals surface area contributed by atoms with E-state index in [0.717, 1.165) is 11.1 Å². The molecule has 8 nitrogen and oxygen atoms in total. The molecule has 3 aliphatic rings. The summed E-state index contributed by atoms with van der Waals surface area (Å²) in [7, 11) is 0. The second-order valence-corrected chi connectivity index (χ2v) is 9.20. The number of aliphatic hydroxyl groups excluding tert-OH is 3. The lowest BCUT2D eigenvalue weighted by atomic mass is 9.59. The molecule has 0 spiro atoms. The van der Waals surface area contributed by atoms with Gasteiger partial charge in [0.05, 0.1) is 17.6 Å². The average molecular weight is 473 g/mol. The lowest BCUT2D eigenvalue weighted by Gasteiger charge is -2.45. The second kappa shape index (κ2) is 7.95. The fourth-order valence-electron chi connectivity index (χ4n) is 5.52. The van der Waals surface area contributed by atoms with Crippen molar-refractivity contribution >= 4 is 29.1 Å². The van der Waals surface area contributed by atoms with Crippen LogP contribution in [0.2, 0.25) is 0 Å². The van der Waals surface area contributed by atoms with Crippen molar-refractivity contribution in [2.24, 2.45) is 23.5 Å². The number of ketones is 2. The van der Waals surface area contributed by atoms with Gasteiger partial charge >= 0.3 is 0 Å². The molecule has 2 aromatic rings. The van der Waals surface area contributed by atoms with Crippen LogP contribution in [-0.4, -0.2) is 44.0 Å². The van der Waals surface area contributed by atoms with Crippen LogP contribution in [0.5, 0.6) is 5.75 Å². The van der Waals surface area contributed by atoms with Gasteiger partial charge in [0.2, 0.25) is 0 Å². The second-order valence-electron chi connectivity index (χ2n) is 9.20. The van der Waals surface area contributed by atoms with E-state index in [9.17, 15) is 34.8 Å². The van der Waals surface area contributed by atoms with Gasteiger partial charge in [-0.3, -0.25) is 14.4 Å². The minimum Gasteiger partial charge on any atom is -0.511 e. The van der Waals surface area contributed by atoms with Gasteiger partial charge in [-0.15, -0.1) is 0 Å². The molecule has 0 bridgehead atoms. The summed E-state index contributed by atoms with van der Waals surface area (Å²) in [6.45, 7) is 1.94. The third kappa shape index (κ3) is 3.29. The number of aromatic hydroxyl groups is 1. The van der Waals surface area contributed by atoms with E-state index in [4.69, 9.17) is 5.73 Å². The van der Waals surface area contributed by atoms with Crippen molar-refractivity contribution in [2.75, 3.05) is 0 Å². The van der Waals surface area contributed by atoms with Crippen molar-refractivity contribution in [3.05, 3.63) is 87.4 Å². The van der Waals surface area contributed by atoms with E-state index in [2.05, 4.69) is 0 Å². The summed E-state index contributed by atoms with van der Waals surface area (Å²) >= 11 is 0. The Morgan fingerprint density at radius 1 is 1.03 bits per heavy atom. The summed E-state index contributed by atoms with van der Waals surface area (Å²) in [4.78, 5) is 38.4. The van der Waals surface area contributed by atoms with Gasteiger partial charge in [0, 0.05) is 23.8 Å². The van der Waals surface area contributed by atoms with Crippen LogP contribution in [0.1, 0.15) is 33.5 Å². The molecule has 2 aromatic carbocycles. The minimum absolute atomic E-state index is 0.0499. The molecule has 0 aromatic heterocycles. The lowest BCUT2D eigenvalue weighted by molar-refractivity contribution is -0.128. The normalized spacial score (nSPS) is 27.0. The molecule has 1 unspecified atom stereocenters. The summed E-state index contributed by atoms with van der Waals surface area (Å²) < 4.78 is 0. The molecular weight excluding hydrogens is 450 g/mol. The quantitative estimate of drug-likeness (QED) is 0.420. The SMILES string of the molecule is Cc1ccc(/C=C2\c3cccc(O)c3C(=O)C3=C(O)C4C(=O)C(C(N)=O)=C(O)C[C@@H]4[C@@H](O)[C@@H]32)cc1. The van der Waals surface area contributed by atoms with E-state index >= 15 is 0 Å². The predicted octanol–water partition coefficient (Wildman–Crippen LogP) is 2.74. The number of aryl methyl sites for hydroxylation is 1. The van der Waals surface area contributed by atoms with Crippen molar-refractivity contribution in [1.82, 2.24) is 0 Å². The van der Waals surface area contributed by atoms with Gasteiger partial charge in [0.1, 0.15) is 22.8 Å². The Labute approximate surface area is 200 Å². The van der Waals surface area contributed by atoms with Gasteiger partial charge in [-0.05, 0) is 29.7 Å². The van der Waals surface area contributed by atoms with E-state index in [1.54, 1.807) is 18.2 Å². The molecule has 35 heavy (non-hydrogen) atoms. The highest BCUT2D eigenvalue weighted by atomic mass is 16.3. The van der Waals surface area contributed by atoms with Crippen LogP contribution in [0.15, 0.2) is 65.1 Å². The molecule has 0 saturated heterocycles. The Bertz CT molecular complexity index is 1400. The molecule has 4 atom stereocenters. The number of hydrogen-bond donors (Lipinski definition) is 5. The van der Waals surface area contributed by atoms with E-state index in [0.29, 0.717) is 11.1 Å². The van der Waals surface area contributed by atoms with Crippen molar-refractivity contribution in [3.63, 3.8) is 0 Å². The highest BCUT2D eigenvalue weighted by Crippen LogP contribution is 2.53. The largest absolute Gasteiger partial charge is 0.511 e. The standard InChI is InChI=1S/C27H23NO7/c1-11-5-7-12(8-6-11)9-14-13-3-2-4-16(29)18(13)24(32)22-19(14)23(31)15-10-17(30)21(27(28)35)25(33)20(15)26(22)34/h2-9,15,19-20,23,29-31,34H,10H2,1H3,(H2,28,35)/b14-9+/t15-,19+,20?,23+/m0/s1. The Morgan fingerprint density at radius 2 is 1.71 bits per heavy atom. The number of nitrogens with two attached hydrogens (primary N) is 1. The van der Waals surface area contributed by atoms with Crippen molar-refractivity contribution in [3.8, 4) is 5.75 Å². The molecule has 3 aliphatic carbocycles. The molecule has 8 heteroatoms. The molecule has 1 amide bonds. The van der Waals surface area contributed by atoms with E-state index in [-0.39, 0.29) is 23.3 Å². The van der Waals surface area contributed by atoms with E-state index < -0.39 is 58.4 Å². The van der Waals surface area contributed by atoms with Crippen LogP contribution in [0.4, 0.5) is 0 Å². The third-order valence-electron chi connectivity index (χ3n) is 7.14. The number of phenolic OH excluding ortho intramolecular Hbond substituents is 1. The van der Waals surface area contributed by atoms with Crippen LogP contribution in [0.25, 0.3) is 11.6 Å². The number of carbonyl (C=O) groups is 3. The first-order chi connectivity index (χ1) is 16.6. The summed E-state index contributed by atoms with van der Waals surface area (Å²) in [6.07, 6.45) is 0.131. The van der Waals surface area contributed by atoms with Gasteiger partial charge in [-0.1, -0.05) is 48.0 Å². The zero-order valence-corrected chi connectivity index (χ0v) is 18.7. The number of amides is 1. The molecule has 178 valence electrons. The first kappa shape index (κ1) is 22.6. The molecule has 0 saturated carbocycles. The topological polar surface area (TPSA) is 158 Å². The minimum atomic E-state index is -1.42. The van der Waals surface area contributed by atoms with E-state index in [1.165, 1.54) is 6.07 Å². The van der Waals surface area contributed by atoms with Gasteiger partial charge in [-0.2, -0.15) is 0 Å². The van der Waals surface area contributed by atoms with E-state index in [1.807, 2.05) is 31.2 Å². The van der Waals surface area contributed by atoms with Crippen LogP contribution < -0.4 is 5.73 Å². The van der Waals surface area contributed by atoms with Gasteiger partial charge in [-0.25, -0.2) is 0 Å². The molecule has 6 N–H and O–H groups in total. The summed E-state index contributed by atoms with van der Waals surface area (Å²) in [5.74, 6) is -7.71. The van der Waals surface area contributed by atoms with Gasteiger partial charge in [0.15, 0.2) is 11.6 Å². The number of rotatable bonds is 2. The van der Waals surface area contributed by atoms with Gasteiger partial charge < -0.3 is 26.2 Å². The number of allylic oxidation sites excluding steroid dienone is 2.